The third kappa shape index (κ3) is 4.97. The number of amides is 1. The van der Waals surface area contributed by atoms with Gasteiger partial charge in [0.15, 0.2) is 0 Å². The van der Waals surface area contributed by atoms with Crippen LogP contribution in [0, 0.1) is 5.41 Å². The summed E-state index contributed by atoms with van der Waals surface area (Å²) >= 11 is 0. The van der Waals surface area contributed by atoms with E-state index in [1.807, 2.05) is 0 Å². The molecule has 0 radical (unpaired) electrons. The Labute approximate surface area is 99.2 Å². The molecule has 94 valence electrons. The molecule has 1 amide bonds. The van der Waals surface area contributed by atoms with Crippen molar-refractivity contribution in [3.8, 4) is 0 Å². The van der Waals surface area contributed by atoms with Crippen molar-refractivity contribution < 1.29 is 4.79 Å². The number of rotatable bonds is 2. The van der Waals surface area contributed by atoms with Gasteiger partial charge in [0, 0.05) is 18.5 Å². The summed E-state index contributed by atoms with van der Waals surface area (Å²) in [5, 5.41) is 3.10. The van der Waals surface area contributed by atoms with Gasteiger partial charge in [0.2, 0.25) is 5.91 Å². The third-order valence-electron chi connectivity index (χ3n) is 3.11. The zero-order chi connectivity index (χ0) is 12.2. The molecule has 0 heterocycles. The van der Waals surface area contributed by atoms with Crippen LogP contribution in [0.5, 0.6) is 0 Å². The molecule has 0 aromatic heterocycles. The van der Waals surface area contributed by atoms with Gasteiger partial charge in [0.25, 0.3) is 0 Å². The fourth-order valence-corrected chi connectivity index (χ4v) is 2.26. The van der Waals surface area contributed by atoms with E-state index in [9.17, 15) is 4.79 Å². The Morgan fingerprint density at radius 2 is 1.88 bits per heavy atom. The van der Waals surface area contributed by atoms with Crippen LogP contribution in [-0.4, -0.2) is 18.0 Å². The Bertz CT molecular complexity index is 233. The highest BCUT2D eigenvalue weighted by atomic mass is 16.1. The molecule has 1 aliphatic rings. The molecule has 1 aliphatic carbocycles. The minimum Gasteiger partial charge on any atom is -0.352 e. The molecule has 0 spiro atoms. The molecule has 1 saturated carbocycles. The van der Waals surface area contributed by atoms with E-state index in [0.717, 1.165) is 12.8 Å². The van der Waals surface area contributed by atoms with Gasteiger partial charge in [-0.1, -0.05) is 40.0 Å². The van der Waals surface area contributed by atoms with Gasteiger partial charge in [-0.05, 0) is 18.3 Å². The van der Waals surface area contributed by atoms with Crippen molar-refractivity contribution in [2.75, 3.05) is 0 Å². The second-order valence-electron chi connectivity index (χ2n) is 6.21. The van der Waals surface area contributed by atoms with Gasteiger partial charge in [0.1, 0.15) is 0 Å². The second kappa shape index (κ2) is 5.67. The molecule has 3 nitrogen and oxygen atoms in total. The predicted molar refractivity (Wildman–Crippen MR) is 67.1 cm³/mol. The summed E-state index contributed by atoms with van der Waals surface area (Å²) < 4.78 is 0. The lowest BCUT2D eigenvalue weighted by Gasteiger charge is -2.25. The minimum absolute atomic E-state index is 0.0545. The molecule has 16 heavy (non-hydrogen) atoms. The molecular formula is C13H26N2O. The second-order valence-corrected chi connectivity index (χ2v) is 6.21. The van der Waals surface area contributed by atoms with Crippen LogP contribution in [0.25, 0.3) is 0 Å². The van der Waals surface area contributed by atoms with Crippen molar-refractivity contribution in [1.29, 1.82) is 0 Å². The van der Waals surface area contributed by atoms with Gasteiger partial charge < -0.3 is 11.1 Å². The van der Waals surface area contributed by atoms with Crippen LogP contribution in [0.3, 0.4) is 0 Å². The van der Waals surface area contributed by atoms with Gasteiger partial charge in [-0.3, -0.25) is 4.79 Å². The van der Waals surface area contributed by atoms with E-state index >= 15 is 0 Å². The van der Waals surface area contributed by atoms with Gasteiger partial charge >= 0.3 is 0 Å². The summed E-state index contributed by atoms with van der Waals surface area (Å²) in [6, 6.07) is 0.337. The minimum atomic E-state index is 0.0545. The van der Waals surface area contributed by atoms with Crippen molar-refractivity contribution in [3.05, 3.63) is 0 Å². The highest BCUT2D eigenvalue weighted by Crippen LogP contribution is 2.20. The zero-order valence-electron chi connectivity index (χ0n) is 10.9. The number of carbonyl (C=O) groups is 1. The van der Waals surface area contributed by atoms with E-state index in [4.69, 9.17) is 5.73 Å². The predicted octanol–water partition coefficient (Wildman–Crippen LogP) is 2.20. The van der Waals surface area contributed by atoms with Crippen LogP contribution in [0.2, 0.25) is 0 Å². The van der Waals surface area contributed by atoms with E-state index < -0.39 is 0 Å². The Balaban J connectivity index is 2.42. The van der Waals surface area contributed by atoms with Crippen molar-refractivity contribution in [1.82, 2.24) is 5.32 Å². The third-order valence-corrected chi connectivity index (χ3v) is 3.11. The Morgan fingerprint density at radius 3 is 2.50 bits per heavy atom. The maximum Gasteiger partial charge on any atom is 0.220 e. The lowest BCUT2D eigenvalue weighted by Crippen LogP contribution is -2.47. The molecule has 0 saturated heterocycles. The average molecular weight is 226 g/mol. The largest absolute Gasteiger partial charge is 0.352 e. The van der Waals surface area contributed by atoms with E-state index in [-0.39, 0.29) is 23.4 Å². The maximum atomic E-state index is 11.8. The summed E-state index contributed by atoms with van der Waals surface area (Å²) in [5.74, 6) is 0.148. The number of hydrogen-bond donors (Lipinski definition) is 2. The Kier molecular flexibility index (Phi) is 4.78. The standard InChI is InChI=1S/C13H26N2O/c1-13(2,3)9-12(16)15-11-8-6-4-5-7-10(11)14/h10-11H,4-9,14H2,1-3H3,(H,15,16). The van der Waals surface area contributed by atoms with E-state index in [2.05, 4.69) is 26.1 Å². The van der Waals surface area contributed by atoms with Crippen LogP contribution in [-0.2, 0) is 4.79 Å². The quantitative estimate of drug-likeness (QED) is 0.709. The first-order valence-corrected chi connectivity index (χ1v) is 6.43. The number of nitrogens with two attached hydrogens (primary N) is 1. The Morgan fingerprint density at radius 1 is 1.25 bits per heavy atom. The highest BCUT2D eigenvalue weighted by Gasteiger charge is 2.24. The normalized spacial score (nSPS) is 27.2. The van der Waals surface area contributed by atoms with Crippen LogP contribution in [0.4, 0.5) is 0 Å². The summed E-state index contributed by atoms with van der Waals surface area (Å²) in [6.07, 6.45) is 6.30. The fraction of sp³-hybridized carbons (Fsp3) is 0.923. The fourth-order valence-electron chi connectivity index (χ4n) is 2.26. The summed E-state index contributed by atoms with van der Waals surface area (Å²) in [5.41, 5.74) is 6.13. The molecule has 0 bridgehead atoms. The van der Waals surface area contributed by atoms with Crippen molar-refractivity contribution in [3.63, 3.8) is 0 Å². The molecule has 3 N–H and O–H groups in total. The van der Waals surface area contributed by atoms with Crippen molar-refractivity contribution in [2.45, 2.75) is 71.4 Å². The van der Waals surface area contributed by atoms with Gasteiger partial charge in [-0.15, -0.1) is 0 Å². The van der Waals surface area contributed by atoms with Gasteiger partial charge in [-0.2, -0.15) is 0 Å². The highest BCUT2D eigenvalue weighted by molar-refractivity contribution is 5.76. The van der Waals surface area contributed by atoms with Crippen LogP contribution >= 0.6 is 0 Å². The lowest BCUT2D eigenvalue weighted by molar-refractivity contribution is -0.123. The smallest absolute Gasteiger partial charge is 0.220 e. The molecule has 0 aromatic carbocycles. The average Bonchev–Trinajstić information content (AvgIpc) is 2.29. The first-order valence-electron chi connectivity index (χ1n) is 6.43. The van der Waals surface area contributed by atoms with Crippen LogP contribution < -0.4 is 11.1 Å². The molecule has 2 atom stereocenters. The number of nitrogens with one attached hydrogen (secondary N) is 1. The monoisotopic (exact) mass is 226 g/mol. The summed E-state index contributed by atoms with van der Waals surface area (Å²) in [4.78, 5) is 11.8. The van der Waals surface area contributed by atoms with Crippen LogP contribution in [0.1, 0.15) is 59.3 Å². The molecular weight excluding hydrogens is 200 g/mol. The topological polar surface area (TPSA) is 55.1 Å². The van der Waals surface area contributed by atoms with E-state index in [1.54, 1.807) is 0 Å². The first-order chi connectivity index (χ1) is 7.38. The molecule has 0 aliphatic heterocycles. The summed E-state index contributed by atoms with van der Waals surface area (Å²) in [7, 11) is 0. The molecule has 2 unspecified atom stereocenters. The maximum absolute atomic E-state index is 11.8. The SMILES string of the molecule is CC(C)(C)CC(=O)NC1CCCCCC1N. The summed E-state index contributed by atoms with van der Waals surface area (Å²) in [6.45, 7) is 6.25. The Hall–Kier alpha value is -0.570. The van der Waals surface area contributed by atoms with Crippen molar-refractivity contribution in [2.24, 2.45) is 11.1 Å². The van der Waals surface area contributed by atoms with Crippen molar-refractivity contribution >= 4 is 5.91 Å². The number of carbonyl (C=O) groups excluding carboxylic acids is 1. The van der Waals surface area contributed by atoms with E-state index in [0.29, 0.717) is 6.42 Å². The molecule has 3 heteroatoms. The van der Waals surface area contributed by atoms with E-state index in [1.165, 1.54) is 19.3 Å². The molecule has 1 fully saturated rings. The van der Waals surface area contributed by atoms with Gasteiger partial charge in [-0.25, -0.2) is 0 Å². The first kappa shape index (κ1) is 13.5. The molecule has 1 rings (SSSR count). The van der Waals surface area contributed by atoms with Gasteiger partial charge in [0.05, 0.1) is 0 Å². The molecule has 0 aromatic rings. The zero-order valence-corrected chi connectivity index (χ0v) is 10.9. The van der Waals surface area contributed by atoms with Crippen LogP contribution in [0.15, 0.2) is 0 Å². The lowest BCUT2D eigenvalue weighted by atomic mass is 9.91. The number of hydrogen-bond acceptors (Lipinski definition) is 2.